The van der Waals surface area contributed by atoms with Gasteiger partial charge in [0.1, 0.15) is 4.60 Å². The second-order valence-corrected chi connectivity index (χ2v) is 6.11. The first-order valence-electron chi connectivity index (χ1n) is 6.59. The van der Waals surface area contributed by atoms with Gasteiger partial charge in [0.05, 0.1) is 5.52 Å². The number of aromatic amines is 1. The first-order valence-corrected chi connectivity index (χ1v) is 7.39. The van der Waals surface area contributed by atoms with E-state index in [0.29, 0.717) is 0 Å². The molecular formula is C14H18BrN3. The van der Waals surface area contributed by atoms with E-state index in [-0.39, 0.29) is 5.41 Å². The van der Waals surface area contributed by atoms with Crippen molar-refractivity contribution in [1.29, 1.82) is 0 Å². The van der Waals surface area contributed by atoms with Crippen molar-refractivity contribution in [1.82, 2.24) is 10.2 Å². The summed E-state index contributed by atoms with van der Waals surface area (Å²) in [5.41, 5.74) is 8.66. The van der Waals surface area contributed by atoms with Crippen LogP contribution in [-0.2, 0) is 5.41 Å². The van der Waals surface area contributed by atoms with E-state index in [4.69, 9.17) is 5.73 Å². The van der Waals surface area contributed by atoms with Gasteiger partial charge in [-0.2, -0.15) is 5.10 Å². The normalized spacial score (nSPS) is 19.2. The van der Waals surface area contributed by atoms with E-state index in [9.17, 15) is 0 Å². The maximum Gasteiger partial charge on any atom is 0.108 e. The summed E-state index contributed by atoms with van der Waals surface area (Å²) >= 11 is 3.52. The van der Waals surface area contributed by atoms with Crippen LogP contribution in [0.3, 0.4) is 0 Å². The van der Waals surface area contributed by atoms with Crippen LogP contribution in [0.2, 0.25) is 0 Å². The van der Waals surface area contributed by atoms with Gasteiger partial charge in [-0.1, -0.05) is 25.3 Å². The lowest BCUT2D eigenvalue weighted by atomic mass is 9.69. The topological polar surface area (TPSA) is 54.7 Å². The third-order valence-electron chi connectivity index (χ3n) is 4.32. The number of fused-ring (bicyclic) bond motifs is 1. The molecule has 0 unspecified atom stereocenters. The molecule has 3 rings (SSSR count). The number of rotatable bonds is 2. The Labute approximate surface area is 115 Å². The second-order valence-electron chi connectivity index (χ2n) is 5.31. The van der Waals surface area contributed by atoms with Gasteiger partial charge < -0.3 is 5.73 Å². The summed E-state index contributed by atoms with van der Waals surface area (Å²) < 4.78 is 0.960. The zero-order chi connectivity index (χ0) is 12.6. The van der Waals surface area contributed by atoms with Crippen molar-refractivity contribution in [3.63, 3.8) is 0 Å². The molecule has 2 aromatic rings. The molecule has 96 valence electrons. The first kappa shape index (κ1) is 12.2. The molecule has 3 N–H and O–H groups in total. The van der Waals surface area contributed by atoms with Crippen molar-refractivity contribution in [3.8, 4) is 0 Å². The summed E-state index contributed by atoms with van der Waals surface area (Å²) in [4.78, 5) is 0. The Balaban J connectivity index is 2.08. The average molecular weight is 308 g/mol. The van der Waals surface area contributed by atoms with E-state index in [1.54, 1.807) is 0 Å². The Morgan fingerprint density at radius 2 is 2.06 bits per heavy atom. The lowest BCUT2D eigenvalue weighted by Crippen LogP contribution is -2.37. The quantitative estimate of drug-likeness (QED) is 0.892. The molecule has 1 fully saturated rings. The van der Waals surface area contributed by atoms with Crippen LogP contribution in [0.5, 0.6) is 0 Å². The van der Waals surface area contributed by atoms with Gasteiger partial charge in [-0.25, -0.2) is 0 Å². The zero-order valence-electron chi connectivity index (χ0n) is 10.4. The van der Waals surface area contributed by atoms with Gasteiger partial charge in [-0.05, 0) is 46.5 Å². The number of nitrogens with two attached hydrogens (primary N) is 1. The highest BCUT2D eigenvalue weighted by Gasteiger charge is 2.32. The molecule has 0 aliphatic heterocycles. The molecule has 0 radical (unpaired) electrons. The Kier molecular flexibility index (Phi) is 3.16. The van der Waals surface area contributed by atoms with Gasteiger partial charge >= 0.3 is 0 Å². The van der Waals surface area contributed by atoms with Crippen molar-refractivity contribution < 1.29 is 0 Å². The van der Waals surface area contributed by atoms with Crippen molar-refractivity contribution in [3.05, 3.63) is 28.4 Å². The predicted octanol–water partition coefficient (Wildman–Crippen LogP) is 3.49. The molecule has 1 heterocycles. The Morgan fingerprint density at radius 1 is 1.28 bits per heavy atom. The van der Waals surface area contributed by atoms with Gasteiger partial charge in [-0.15, -0.1) is 0 Å². The van der Waals surface area contributed by atoms with E-state index in [1.807, 2.05) is 0 Å². The maximum absolute atomic E-state index is 6.09. The van der Waals surface area contributed by atoms with Crippen LogP contribution >= 0.6 is 15.9 Å². The van der Waals surface area contributed by atoms with Crippen LogP contribution in [0.25, 0.3) is 10.9 Å². The summed E-state index contributed by atoms with van der Waals surface area (Å²) in [6, 6.07) is 6.55. The van der Waals surface area contributed by atoms with E-state index in [0.717, 1.165) is 22.1 Å². The summed E-state index contributed by atoms with van der Waals surface area (Å²) in [6.07, 6.45) is 6.36. The van der Waals surface area contributed by atoms with Gasteiger partial charge in [-0.3, -0.25) is 5.10 Å². The number of H-pyrrole nitrogens is 1. The highest BCUT2D eigenvalue weighted by atomic mass is 79.9. The summed E-state index contributed by atoms with van der Waals surface area (Å²) in [5, 5.41) is 8.38. The van der Waals surface area contributed by atoms with E-state index in [2.05, 4.69) is 44.3 Å². The number of nitrogens with one attached hydrogen (secondary N) is 1. The maximum atomic E-state index is 6.09. The summed E-state index contributed by atoms with van der Waals surface area (Å²) in [7, 11) is 0. The fourth-order valence-electron chi connectivity index (χ4n) is 3.15. The molecule has 1 aliphatic rings. The van der Waals surface area contributed by atoms with Crippen molar-refractivity contribution in [2.45, 2.75) is 37.5 Å². The fourth-order valence-corrected chi connectivity index (χ4v) is 3.55. The molecule has 0 atom stereocenters. The molecule has 1 aromatic carbocycles. The molecule has 3 nitrogen and oxygen atoms in total. The smallest absolute Gasteiger partial charge is 0.108 e. The molecule has 4 heteroatoms. The minimum atomic E-state index is 0.184. The van der Waals surface area contributed by atoms with Gasteiger partial charge in [0, 0.05) is 17.3 Å². The van der Waals surface area contributed by atoms with E-state index in [1.165, 1.54) is 37.7 Å². The summed E-state index contributed by atoms with van der Waals surface area (Å²) in [5.74, 6) is 0. The lowest BCUT2D eigenvalue weighted by molar-refractivity contribution is 0.301. The van der Waals surface area contributed by atoms with Crippen molar-refractivity contribution >= 4 is 26.8 Å². The van der Waals surface area contributed by atoms with E-state index >= 15 is 0 Å². The number of aromatic nitrogens is 2. The SMILES string of the molecule is NCC1(c2ccc3n[nH]c(Br)c3c2)CCCCC1. The molecule has 1 saturated carbocycles. The van der Waals surface area contributed by atoms with E-state index < -0.39 is 0 Å². The number of halogens is 1. The van der Waals surface area contributed by atoms with Crippen LogP contribution < -0.4 is 5.73 Å². The third-order valence-corrected chi connectivity index (χ3v) is 4.93. The molecule has 0 saturated heterocycles. The Hall–Kier alpha value is -0.870. The standard InChI is InChI=1S/C14H18BrN3/c15-13-11-8-10(4-5-12(11)17-18-13)14(9-16)6-2-1-3-7-14/h4-5,8H,1-3,6-7,9,16H2,(H,17,18). The van der Waals surface area contributed by atoms with Crippen molar-refractivity contribution in [2.75, 3.05) is 6.54 Å². The molecule has 0 bridgehead atoms. The second kappa shape index (κ2) is 4.67. The monoisotopic (exact) mass is 307 g/mol. The zero-order valence-corrected chi connectivity index (χ0v) is 12.0. The Bertz CT molecular complexity index is 555. The molecule has 0 spiro atoms. The largest absolute Gasteiger partial charge is 0.330 e. The molecule has 18 heavy (non-hydrogen) atoms. The van der Waals surface area contributed by atoms with Gasteiger partial charge in [0.25, 0.3) is 0 Å². The van der Waals surface area contributed by atoms with Crippen molar-refractivity contribution in [2.24, 2.45) is 5.73 Å². The van der Waals surface area contributed by atoms with Crippen LogP contribution in [0, 0.1) is 0 Å². The lowest BCUT2D eigenvalue weighted by Gasteiger charge is -2.36. The van der Waals surface area contributed by atoms with Gasteiger partial charge in [0.2, 0.25) is 0 Å². The average Bonchev–Trinajstić information content (AvgIpc) is 2.81. The molecule has 1 aliphatic carbocycles. The first-order chi connectivity index (χ1) is 8.75. The van der Waals surface area contributed by atoms with Crippen LogP contribution in [0.4, 0.5) is 0 Å². The predicted molar refractivity (Wildman–Crippen MR) is 77.6 cm³/mol. The molecule has 1 aromatic heterocycles. The summed E-state index contributed by atoms with van der Waals surface area (Å²) in [6.45, 7) is 0.744. The highest BCUT2D eigenvalue weighted by Crippen LogP contribution is 2.40. The Morgan fingerprint density at radius 3 is 2.78 bits per heavy atom. The molecule has 0 amide bonds. The van der Waals surface area contributed by atoms with Gasteiger partial charge in [0.15, 0.2) is 0 Å². The highest BCUT2D eigenvalue weighted by molar-refractivity contribution is 9.10. The minimum absolute atomic E-state index is 0.184. The van der Waals surface area contributed by atoms with Crippen LogP contribution in [-0.4, -0.2) is 16.7 Å². The fraction of sp³-hybridized carbons (Fsp3) is 0.500. The minimum Gasteiger partial charge on any atom is -0.330 e. The number of benzene rings is 1. The van der Waals surface area contributed by atoms with Crippen LogP contribution in [0.15, 0.2) is 22.8 Å². The number of nitrogens with zero attached hydrogens (tertiary/aromatic N) is 1. The molecular weight excluding hydrogens is 290 g/mol. The third kappa shape index (κ3) is 1.88. The van der Waals surface area contributed by atoms with Crippen LogP contribution in [0.1, 0.15) is 37.7 Å². The number of hydrogen-bond donors (Lipinski definition) is 2. The number of hydrogen-bond acceptors (Lipinski definition) is 2.